The molecule has 180 valence electrons. The van der Waals surface area contributed by atoms with Crippen LogP contribution in [0.3, 0.4) is 0 Å². The Kier molecular flexibility index (Phi) is 5.91. The second-order valence-corrected chi connectivity index (χ2v) is 9.08. The smallest absolute Gasteiger partial charge is 0.225 e. The maximum Gasteiger partial charge on any atom is 0.225 e. The average Bonchev–Trinajstić information content (AvgIpc) is 3.37. The van der Waals surface area contributed by atoms with Crippen LogP contribution in [0, 0.1) is 6.92 Å². The van der Waals surface area contributed by atoms with E-state index in [-0.39, 0.29) is 6.04 Å². The van der Waals surface area contributed by atoms with E-state index in [0.29, 0.717) is 5.95 Å². The number of fused-ring (bicyclic) bond motifs is 1. The number of hydrogen-bond donors (Lipinski definition) is 1. The minimum atomic E-state index is 0.0407. The first kappa shape index (κ1) is 22.6. The second-order valence-electron chi connectivity index (χ2n) is 9.08. The molecule has 0 saturated carbocycles. The number of imidazole rings is 1. The van der Waals surface area contributed by atoms with Gasteiger partial charge in [0.1, 0.15) is 12.1 Å². The van der Waals surface area contributed by atoms with Crippen LogP contribution in [-0.4, -0.2) is 24.5 Å². The molecule has 0 aliphatic rings. The van der Waals surface area contributed by atoms with Crippen molar-refractivity contribution >= 4 is 17.0 Å². The lowest BCUT2D eigenvalue weighted by Gasteiger charge is -2.17. The normalized spacial score (nSPS) is 11.9. The largest absolute Gasteiger partial charge is 0.348 e. The van der Waals surface area contributed by atoms with E-state index in [0.717, 1.165) is 44.8 Å². The van der Waals surface area contributed by atoms with Gasteiger partial charge in [0, 0.05) is 24.0 Å². The minimum Gasteiger partial charge on any atom is -0.348 e. The first-order chi connectivity index (χ1) is 18.2. The number of hydrogen-bond acceptors (Lipinski definition) is 5. The van der Waals surface area contributed by atoms with Crippen molar-refractivity contribution in [3.8, 4) is 28.2 Å². The van der Waals surface area contributed by atoms with E-state index in [9.17, 15) is 0 Å². The molecule has 3 aromatic carbocycles. The minimum absolute atomic E-state index is 0.0407. The molecule has 0 fully saturated rings. The van der Waals surface area contributed by atoms with Crippen LogP contribution < -0.4 is 5.32 Å². The van der Waals surface area contributed by atoms with Crippen molar-refractivity contribution in [2.75, 3.05) is 5.32 Å². The Morgan fingerprint density at radius 2 is 1.57 bits per heavy atom. The third kappa shape index (κ3) is 4.57. The van der Waals surface area contributed by atoms with Gasteiger partial charge in [-0.1, -0.05) is 60.7 Å². The fraction of sp³-hybridized carbons (Fsp3) is 0.0968. The van der Waals surface area contributed by atoms with Crippen molar-refractivity contribution in [2.45, 2.75) is 19.9 Å². The number of benzene rings is 3. The van der Waals surface area contributed by atoms with Gasteiger partial charge in [-0.15, -0.1) is 0 Å². The van der Waals surface area contributed by atoms with Crippen molar-refractivity contribution in [3.05, 3.63) is 121 Å². The van der Waals surface area contributed by atoms with Gasteiger partial charge in [-0.25, -0.2) is 9.97 Å². The quantitative estimate of drug-likeness (QED) is 0.276. The lowest BCUT2D eigenvalue weighted by atomic mass is 10.1. The Labute approximate surface area is 215 Å². The van der Waals surface area contributed by atoms with Crippen LogP contribution in [0.15, 0.2) is 110 Å². The molecule has 0 spiro atoms. The number of pyridine rings is 1. The molecule has 6 nitrogen and oxygen atoms in total. The summed E-state index contributed by atoms with van der Waals surface area (Å²) < 4.78 is 2.03. The molecular weight excluding hydrogens is 456 g/mol. The standard InChI is InChI=1S/C31H26N6/c1-21-8-6-7-11-26(21)28-19-30(36-31(35-28)34-22(2)23-9-4-3-5-10-23)37-20-33-27-13-12-25(18-29(27)37)24-14-16-32-17-15-24/h3-20,22H,1-2H3,(H,34,35,36)/t22-/m0/s1. The van der Waals surface area contributed by atoms with E-state index in [1.54, 1.807) is 0 Å². The molecule has 3 aromatic heterocycles. The number of aryl methyl sites for hydroxylation is 1. The van der Waals surface area contributed by atoms with E-state index in [1.807, 2.05) is 77.9 Å². The van der Waals surface area contributed by atoms with Gasteiger partial charge in [0.15, 0.2) is 0 Å². The third-order valence-electron chi connectivity index (χ3n) is 6.59. The van der Waals surface area contributed by atoms with Crippen LogP contribution in [-0.2, 0) is 0 Å². The summed E-state index contributed by atoms with van der Waals surface area (Å²) in [6.45, 7) is 4.22. The van der Waals surface area contributed by atoms with Gasteiger partial charge in [-0.05, 0) is 60.4 Å². The molecular formula is C31H26N6. The first-order valence-electron chi connectivity index (χ1n) is 12.3. The number of rotatable bonds is 6. The SMILES string of the molecule is Cc1ccccc1-c1cc(-n2cnc3ccc(-c4ccncc4)cc32)nc(N[C@@H](C)c2ccccc2)n1. The van der Waals surface area contributed by atoms with Crippen LogP contribution in [0.25, 0.3) is 39.2 Å². The number of aromatic nitrogens is 5. The highest BCUT2D eigenvalue weighted by molar-refractivity contribution is 5.83. The maximum atomic E-state index is 4.94. The molecule has 0 aliphatic carbocycles. The molecule has 0 saturated heterocycles. The fourth-order valence-corrected chi connectivity index (χ4v) is 4.55. The Balaban J connectivity index is 1.48. The topological polar surface area (TPSA) is 68.5 Å². The Hall–Kier alpha value is -4.84. The van der Waals surface area contributed by atoms with Crippen LogP contribution in [0.5, 0.6) is 0 Å². The predicted molar refractivity (Wildman–Crippen MR) is 149 cm³/mol. The number of anilines is 1. The Bertz CT molecular complexity index is 1680. The number of nitrogens with one attached hydrogen (secondary N) is 1. The molecule has 1 atom stereocenters. The van der Waals surface area contributed by atoms with Gasteiger partial charge >= 0.3 is 0 Å². The van der Waals surface area contributed by atoms with Crippen LogP contribution in [0.4, 0.5) is 5.95 Å². The Morgan fingerprint density at radius 3 is 2.38 bits per heavy atom. The van der Waals surface area contributed by atoms with Gasteiger partial charge in [-0.3, -0.25) is 9.55 Å². The summed E-state index contributed by atoms with van der Waals surface area (Å²) >= 11 is 0. The van der Waals surface area contributed by atoms with Crippen molar-refractivity contribution in [1.82, 2.24) is 24.5 Å². The van der Waals surface area contributed by atoms with E-state index in [2.05, 4.69) is 65.5 Å². The highest BCUT2D eigenvalue weighted by atomic mass is 15.2. The van der Waals surface area contributed by atoms with Gasteiger partial charge in [-0.2, -0.15) is 4.98 Å². The zero-order valence-electron chi connectivity index (χ0n) is 20.7. The fourth-order valence-electron chi connectivity index (χ4n) is 4.55. The molecule has 6 heteroatoms. The van der Waals surface area contributed by atoms with Crippen LogP contribution in [0.1, 0.15) is 24.1 Å². The van der Waals surface area contributed by atoms with Crippen LogP contribution >= 0.6 is 0 Å². The van der Waals surface area contributed by atoms with Gasteiger partial charge in [0.05, 0.1) is 22.8 Å². The molecule has 6 rings (SSSR count). The number of nitrogens with zero attached hydrogens (tertiary/aromatic N) is 5. The van der Waals surface area contributed by atoms with Crippen molar-refractivity contribution in [1.29, 1.82) is 0 Å². The highest BCUT2D eigenvalue weighted by Crippen LogP contribution is 2.29. The highest BCUT2D eigenvalue weighted by Gasteiger charge is 2.15. The maximum absolute atomic E-state index is 4.94. The molecule has 0 unspecified atom stereocenters. The van der Waals surface area contributed by atoms with E-state index < -0.39 is 0 Å². The zero-order valence-corrected chi connectivity index (χ0v) is 20.7. The lowest BCUT2D eigenvalue weighted by molar-refractivity contribution is 0.855. The summed E-state index contributed by atoms with van der Waals surface area (Å²) in [5.41, 5.74) is 8.34. The molecule has 37 heavy (non-hydrogen) atoms. The summed E-state index contributed by atoms with van der Waals surface area (Å²) in [7, 11) is 0. The molecule has 3 heterocycles. The molecule has 0 amide bonds. The molecule has 6 aromatic rings. The monoisotopic (exact) mass is 482 g/mol. The lowest BCUT2D eigenvalue weighted by Crippen LogP contribution is -2.11. The second kappa shape index (κ2) is 9.66. The molecule has 0 aliphatic heterocycles. The van der Waals surface area contributed by atoms with Crippen LogP contribution in [0.2, 0.25) is 0 Å². The molecule has 0 bridgehead atoms. The molecule has 0 radical (unpaired) electrons. The average molecular weight is 483 g/mol. The van der Waals surface area contributed by atoms with E-state index in [4.69, 9.17) is 9.97 Å². The van der Waals surface area contributed by atoms with Crippen molar-refractivity contribution in [3.63, 3.8) is 0 Å². The predicted octanol–water partition coefficient (Wildman–Crippen LogP) is 7.03. The summed E-state index contributed by atoms with van der Waals surface area (Å²) in [6.07, 6.45) is 5.44. The van der Waals surface area contributed by atoms with Gasteiger partial charge < -0.3 is 5.32 Å². The summed E-state index contributed by atoms with van der Waals surface area (Å²) in [4.78, 5) is 18.7. The van der Waals surface area contributed by atoms with Crippen molar-refractivity contribution < 1.29 is 0 Å². The van der Waals surface area contributed by atoms with Gasteiger partial charge in [0.2, 0.25) is 5.95 Å². The molecule has 1 N–H and O–H groups in total. The zero-order chi connectivity index (χ0) is 25.2. The van der Waals surface area contributed by atoms with E-state index >= 15 is 0 Å². The first-order valence-corrected chi connectivity index (χ1v) is 12.3. The van der Waals surface area contributed by atoms with Gasteiger partial charge in [0.25, 0.3) is 0 Å². The summed E-state index contributed by atoms with van der Waals surface area (Å²) in [5, 5.41) is 3.51. The Morgan fingerprint density at radius 1 is 0.784 bits per heavy atom. The third-order valence-corrected chi connectivity index (χ3v) is 6.59. The summed E-state index contributed by atoms with van der Waals surface area (Å²) in [6, 6.07) is 31.0. The van der Waals surface area contributed by atoms with Crippen molar-refractivity contribution in [2.24, 2.45) is 0 Å². The van der Waals surface area contributed by atoms with E-state index in [1.165, 1.54) is 5.56 Å². The summed E-state index contributed by atoms with van der Waals surface area (Å²) in [5.74, 6) is 1.32.